The minimum Gasteiger partial charge on any atom is -0.483 e. The molecule has 1 unspecified atom stereocenters. The highest BCUT2D eigenvalue weighted by Crippen LogP contribution is 2.27. The van der Waals surface area contributed by atoms with Crippen LogP contribution in [-0.4, -0.2) is 35.9 Å². The fraction of sp³-hybridized carbons (Fsp3) is 0.391. The van der Waals surface area contributed by atoms with Gasteiger partial charge in [0.1, 0.15) is 11.8 Å². The molecule has 8 heteroatoms. The maximum absolute atomic E-state index is 13.1. The summed E-state index contributed by atoms with van der Waals surface area (Å²) in [6, 6.07) is 10.2. The van der Waals surface area contributed by atoms with Crippen LogP contribution in [0.15, 0.2) is 40.9 Å². The predicted octanol–water partition coefficient (Wildman–Crippen LogP) is 5.64. The van der Waals surface area contributed by atoms with Crippen molar-refractivity contribution in [2.75, 3.05) is 13.2 Å². The molecular formula is C23H27BrCl2N2O3. The number of aryl methyl sites for hydroxylation is 1. The summed E-state index contributed by atoms with van der Waals surface area (Å²) < 4.78 is 6.54. The Morgan fingerprint density at radius 1 is 1.10 bits per heavy atom. The van der Waals surface area contributed by atoms with Crippen LogP contribution in [0.3, 0.4) is 0 Å². The van der Waals surface area contributed by atoms with Gasteiger partial charge < -0.3 is 15.0 Å². The number of hydrogen-bond acceptors (Lipinski definition) is 3. The zero-order valence-corrected chi connectivity index (χ0v) is 21.0. The van der Waals surface area contributed by atoms with Crippen molar-refractivity contribution < 1.29 is 14.3 Å². The van der Waals surface area contributed by atoms with E-state index >= 15 is 0 Å². The molecule has 0 saturated carbocycles. The molecule has 0 spiro atoms. The van der Waals surface area contributed by atoms with Gasteiger partial charge in [-0.15, -0.1) is 0 Å². The first kappa shape index (κ1) is 25.5. The van der Waals surface area contributed by atoms with E-state index in [0.717, 1.165) is 28.4 Å². The van der Waals surface area contributed by atoms with Gasteiger partial charge in [-0.1, -0.05) is 49.2 Å². The second kappa shape index (κ2) is 12.3. The molecule has 0 aliphatic rings. The van der Waals surface area contributed by atoms with Crippen molar-refractivity contribution in [3.63, 3.8) is 0 Å². The molecule has 0 aliphatic carbocycles. The summed E-state index contributed by atoms with van der Waals surface area (Å²) >= 11 is 15.6. The normalized spacial score (nSPS) is 11.7. The lowest BCUT2D eigenvalue weighted by Crippen LogP contribution is -2.49. The minimum absolute atomic E-state index is 0.198. The van der Waals surface area contributed by atoms with Crippen LogP contribution >= 0.6 is 39.1 Å². The number of amides is 2. The third-order valence-corrected chi connectivity index (χ3v) is 6.17. The van der Waals surface area contributed by atoms with Crippen molar-refractivity contribution in [2.24, 2.45) is 0 Å². The summed E-state index contributed by atoms with van der Waals surface area (Å²) in [6.45, 7) is 6.29. The molecule has 0 fully saturated rings. The zero-order valence-electron chi connectivity index (χ0n) is 17.9. The Kier molecular flexibility index (Phi) is 10.1. The van der Waals surface area contributed by atoms with Gasteiger partial charge in [0.2, 0.25) is 5.91 Å². The number of rotatable bonds is 10. The molecule has 31 heavy (non-hydrogen) atoms. The third kappa shape index (κ3) is 7.41. The molecule has 2 rings (SSSR count). The van der Waals surface area contributed by atoms with E-state index in [1.807, 2.05) is 25.1 Å². The average molecular weight is 530 g/mol. The van der Waals surface area contributed by atoms with Crippen LogP contribution in [0.5, 0.6) is 5.75 Å². The molecule has 2 aromatic rings. The van der Waals surface area contributed by atoms with Crippen LogP contribution in [0.25, 0.3) is 0 Å². The smallest absolute Gasteiger partial charge is 0.261 e. The number of halogens is 3. The third-order valence-electron chi connectivity index (χ3n) is 4.81. The zero-order chi connectivity index (χ0) is 23.0. The van der Waals surface area contributed by atoms with E-state index in [9.17, 15) is 9.59 Å². The molecule has 0 saturated heterocycles. The lowest BCUT2D eigenvalue weighted by atomic mass is 10.1. The van der Waals surface area contributed by atoms with Crippen LogP contribution < -0.4 is 10.1 Å². The molecule has 2 amide bonds. The Bertz CT molecular complexity index is 924. The molecule has 2 aromatic carbocycles. The van der Waals surface area contributed by atoms with Crippen molar-refractivity contribution in [2.45, 2.75) is 46.2 Å². The number of nitrogens with zero attached hydrogens (tertiary/aromatic N) is 1. The van der Waals surface area contributed by atoms with Gasteiger partial charge in [-0.05, 0) is 71.1 Å². The molecule has 0 aliphatic heterocycles. The topological polar surface area (TPSA) is 58.6 Å². The van der Waals surface area contributed by atoms with Crippen molar-refractivity contribution in [3.05, 3.63) is 62.0 Å². The molecular weight excluding hydrogens is 503 g/mol. The van der Waals surface area contributed by atoms with Gasteiger partial charge in [0, 0.05) is 13.1 Å². The fourth-order valence-corrected chi connectivity index (χ4v) is 3.78. The first-order valence-corrected chi connectivity index (χ1v) is 11.7. The van der Waals surface area contributed by atoms with Gasteiger partial charge in [-0.2, -0.15) is 0 Å². The average Bonchev–Trinajstić information content (AvgIpc) is 2.76. The van der Waals surface area contributed by atoms with Gasteiger partial charge in [0.25, 0.3) is 5.91 Å². The van der Waals surface area contributed by atoms with Gasteiger partial charge in [-0.3, -0.25) is 9.59 Å². The summed E-state index contributed by atoms with van der Waals surface area (Å²) in [5, 5.41) is 3.67. The lowest BCUT2D eigenvalue weighted by Gasteiger charge is -2.29. The lowest BCUT2D eigenvalue weighted by molar-refractivity contribution is -0.142. The van der Waals surface area contributed by atoms with Crippen LogP contribution in [-0.2, 0) is 22.6 Å². The summed E-state index contributed by atoms with van der Waals surface area (Å²) in [4.78, 5) is 27.1. The molecule has 0 radical (unpaired) electrons. The Balaban J connectivity index is 2.18. The van der Waals surface area contributed by atoms with E-state index in [-0.39, 0.29) is 25.0 Å². The second-order valence-corrected chi connectivity index (χ2v) is 8.81. The SMILES string of the molecule is CCCNC(=O)C(C)N(Cc1ccc(Cl)c(Cl)c1)C(=O)COc1ccc(CC)cc1Br. The van der Waals surface area contributed by atoms with E-state index in [0.29, 0.717) is 22.3 Å². The van der Waals surface area contributed by atoms with Gasteiger partial charge in [0.15, 0.2) is 6.61 Å². The highest BCUT2D eigenvalue weighted by Gasteiger charge is 2.26. The maximum Gasteiger partial charge on any atom is 0.261 e. The van der Waals surface area contributed by atoms with Crippen molar-refractivity contribution in [3.8, 4) is 5.75 Å². The number of benzene rings is 2. The van der Waals surface area contributed by atoms with Gasteiger partial charge in [0.05, 0.1) is 14.5 Å². The summed E-state index contributed by atoms with van der Waals surface area (Å²) in [6.07, 6.45) is 1.71. The first-order valence-electron chi connectivity index (χ1n) is 10.2. The van der Waals surface area contributed by atoms with Crippen LogP contribution in [0.4, 0.5) is 0 Å². The Labute approximate surface area is 202 Å². The van der Waals surface area contributed by atoms with E-state index in [1.54, 1.807) is 25.1 Å². The molecule has 5 nitrogen and oxygen atoms in total. The molecule has 168 valence electrons. The molecule has 0 bridgehead atoms. The van der Waals surface area contributed by atoms with Crippen LogP contribution in [0, 0.1) is 0 Å². The van der Waals surface area contributed by atoms with E-state index in [2.05, 4.69) is 28.2 Å². The predicted molar refractivity (Wildman–Crippen MR) is 129 cm³/mol. The Morgan fingerprint density at radius 2 is 1.81 bits per heavy atom. The van der Waals surface area contributed by atoms with Gasteiger partial charge >= 0.3 is 0 Å². The molecule has 0 aromatic heterocycles. The monoisotopic (exact) mass is 528 g/mol. The van der Waals surface area contributed by atoms with E-state index in [4.69, 9.17) is 27.9 Å². The summed E-state index contributed by atoms with van der Waals surface area (Å²) in [5.74, 6) is 0.0450. The molecule has 1 atom stereocenters. The van der Waals surface area contributed by atoms with Crippen molar-refractivity contribution in [1.29, 1.82) is 0 Å². The van der Waals surface area contributed by atoms with Crippen molar-refractivity contribution in [1.82, 2.24) is 10.2 Å². The standard InChI is InChI=1S/C23H27BrCl2N2O3/c1-4-10-27-23(30)15(3)28(13-17-6-8-19(25)20(26)12-17)22(29)14-31-21-9-7-16(5-2)11-18(21)24/h6-9,11-12,15H,4-5,10,13-14H2,1-3H3,(H,27,30). The number of nitrogens with one attached hydrogen (secondary N) is 1. The molecule has 0 heterocycles. The Morgan fingerprint density at radius 3 is 2.42 bits per heavy atom. The van der Waals surface area contributed by atoms with Crippen LogP contribution in [0.1, 0.15) is 38.3 Å². The quantitative estimate of drug-likeness (QED) is 0.433. The number of carbonyl (C=O) groups excluding carboxylic acids is 2. The number of ether oxygens (including phenoxy) is 1. The summed E-state index contributed by atoms with van der Waals surface area (Å²) in [5.41, 5.74) is 1.93. The molecule has 1 N–H and O–H groups in total. The Hall–Kier alpha value is -1.76. The highest BCUT2D eigenvalue weighted by molar-refractivity contribution is 9.10. The van der Waals surface area contributed by atoms with E-state index < -0.39 is 6.04 Å². The van der Waals surface area contributed by atoms with Crippen molar-refractivity contribution >= 4 is 50.9 Å². The van der Waals surface area contributed by atoms with Gasteiger partial charge in [-0.25, -0.2) is 0 Å². The fourth-order valence-electron chi connectivity index (χ4n) is 2.92. The van der Waals surface area contributed by atoms with Crippen LogP contribution in [0.2, 0.25) is 10.0 Å². The number of carbonyl (C=O) groups is 2. The minimum atomic E-state index is -0.678. The number of hydrogen-bond donors (Lipinski definition) is 1. The largest absolute Gasteiger partial charge is 0.483 e. The highest BCUT2D eigenvalue weighted by atomic mass is 79.9. The van der Waals surface area contributed by atoms with E-state index in [1.165, 1.54) is 4.90 Å². The second-order valence-electron chi connectivity index (χ2n) is 7.14. The summed E-state index contributed by atoms with van der Waals surface area (Å²) in [7, 11) is 0. The maximum atomic E-state index is 13.1. The first-order chi connectivity index (χ1) is 14.8.